The summed E-state index contributed by atoms with van der Waals surface area (Å²) < 4.78 is 5.18. The van der Waals surface area contributed by atoms with Crippen LogP contribution in [-0.4, -0.2) is 46.9 Å². The van der Waals surface area contributed by atoms with Gasteiger partial charge in [0.2, 0.25) is 0 Å². The molecule has 0 aromatic carbocycles. The monoisotopic (exact) mass is 305 g/mol. The first-order valence-corrected chi connectivity index (χ1v) is 8.58. The Hall–Kier alpha value is -0.260. The number of carbonyl (C=O) groups is 1. The Morgan fingerprint density at radius 3 is 2.55 bits per heavy atom. The highest BCUT2D eigenvalue weighted by molar-refractivity contribution is 7.99. The molecule has 2 unspecified atom stereocenters. The van der Waals surface area contributed by atoms with Gasteiger partial charge in [-0.1, -0.05) is 6.92 Å². The van der Waals surface area contributed by atoms with Crippen LogP contribution in [0.3, 0.4) is 0 Å². The molecule has 0 bridgehead atoms. The molecule has 0 aliphatic rings. The van der Waals surface area contributed by atoms with E-state index in [9.17, 15) is 4.79 Å². The zero-order valence-electron chi connectivity index (χ0n) is 13.6. The van der Waals surface area contributed by atoms with Gasteiger partial charge >= 0.3 is 5.97 Å². The van der Waals surface area contributed by atoms with Gasteiger partial charge in [0.1, 0.15) is 5.54 Å². The zero-order chi connectivity index (χ0) is 15.6. The standard InChI is InChI=1S/C15H31NO3S/c1-6-19-14(18)15(5,16-12(2)3)9-7-11-20-13(4)8-10-17/h12-13,16-17H,6-11H2,1-5H3. The maximum atomic E-state index is 12.1. The van der Waals surface area contributed by atoms with Crippen molar-refractivity contribution in [2.75, 3.05) is 19.0 Å². The van der Waals surface area contributed by atoms with Crippen LogP contribution < -0.4 is 5.32 Å². The second kappa shape index (κ2) is 10.5. The van der Waals surface area contributed by atoms with E-state index in [-0.39, 0.29) is 18.6 Å². The first-order valence-electron chi connectivity index (χ1n) is 7.53. The van der Waals surface area contributed by atoms with Crippen molar-refractivity contribution in [3.05, 3.63) is 0 Å². The van der Waals surface area contributed by atoms with Crippen LogP contribution in [0.25, 0.3) is 0 Å². The number of thioether (sulfide) groups is 1. The van der Waals surface area contributed by atoms with Crippen molar-refractivity contribution < 1.29 is 14.6 Å². The van der Waals surface area contributed by atoms with E-state index in [1.165, 1.54) is 0 Å². The third kappa shape index (κ3) is 8.12. The average Bonchev–Trinajstić information content (AvgIpc) is 2.34. The number of hydrogen-bond donors (Lipinski definition) is 2. The van der Waals surface area contributed by atoms with Crippen molar-refractivity contribution in [3.8, 4) is 0 Å². The SMILES string of the molecule is CCOC(=O)C(C)(CCCSC(C)CCO)NC(C)C. The van der Waals surface area contributed by atoms with E-state index in [0.29, 0.717) is 11.9 Å². The van der Waals surface area contributed by atoms with Crippen LogP contribution in [-0.2, 0) is 9.53 Å². The van der Waals surface area contributed by atoms with Crippen molar-refractivity contribution in [2.45, 2.75) is 70.7 Å². The first-order chi connectivity index (χ1) is 9.35. The number of carbonyl (C=O) groups excluding carboxylic acids is 1. The number of aliphatic hydroxyl groups is 1. The molecule has 0 rings (SSSR count). The number of aliphatic hydroxyl groups excluding tert-OH is 1. The second-order valence-corrected chi connectivity index (χ2v) is 7.20. The highest BCUT2D eigenvalue weighted by Crippen LogP contribution is 2.21. The average molecular weight is 305 g/mol. The Balaban J connectivity index is 4.26. The fourth-order valence-electron chi connectivity index (χ4n) is 2.14. The molecule has 0 aromatic rings. The molecule has 0 fully saturated rings. The lowest BCUT2D eigenvalue weighted by Gasteiger charge is -2.30. The summed E-state index contributed by atoms with van der Waals surface area (Å²) in [5.74, 6) is 0.831. The van der Waals surface area contributed by atoms with Gasteiger partial charge in [0, 0.05) is 17.9 Å². The van der Waals surface area contributed by atoms with Crippen LogP contribution in [0.2, 0.25) is 0 Å². The van der Waals surface area contributed by atoms with E-state index < -0.39 is 5.54 Å². The highest BCUT2D eigenvalue weighted by atomic mass is 32.2. The Bertz CT molecular complexity index is 274. The van der Waals surface area contributed by atoms with Crippen LogP contribution in [0.4, 0.5) is 0 Å². The second-order valence-electron chi connectivity index (χ2n) is 5.65. The molecule has 0 heterocycles. The van der Waals surface area contributed by atoms with Crippen molar-refractivity contribution >= 4 is 17.7 Å². The number of ether oxygens (including phenoxy) is 1. The fraction of sp³-hybridized carbons (Fsp3) is 0.933. The van der Waals surface area contributed by atoms with Gasteiger partial charge < -0.3 is 9.84 Å². The van der Waals surface area contributed by atoms with Crippen LogP contribution in [0.5, 0.6) is 0 Å². The third-order valence-electron chi connectivity index (χ3n) is 3.09. The Morgan fingerprint density at radius 1 is 1.40 bits per heavy atom. The van der Waals surface area contributed by atoms with Gasteiger partial charge in [-0.2, -0.15) is 11.8 Å². The van der Waals surface area contributed by atoms with E-state index in [2.05, 4.69) is 12.2 Å². The van der Waals surface area contributed by atoms with Crippen LogP contribution in [0.15, 0.2) is 0 Å². The summed E-state index contributed by atoms with van der Waals surface area (Å²) in [4.78, 5) is 12.1. The fourth-order valence-corrected chi connectivity index (χ4v) is 3.12. The summed E-state index contributed by atoms with van der Waals surface area (Å²) >= 11 is 1.85. The van der Waals surface area contributed by atoms with Crippen LogP contribution in [0, 0.1) is 0 Å². The van der Waals surface area contributed by atoms with Crippen LogP contribution in [0.1, 0.15) is 53.9 Å². The molecule has 5 heteroatoms. The lowest BCUT2D eigenvalue weighted by molar-refractivity contribution is -0.151. The van der Waals surface area contributed by atoms with Gasteiger partial charge in [-0.25, -0.2) is 0 Å². The molecule has 0 aliphatic carbocycles. The molecule has 0 radical (unpaired) electrons. The molecule has 0 aliphatic heterocycles. The number of nitrogens with one attached hydrogen (secondary N) is 1. The van der Waals surface area contributed by atoms with Crippen molar-refractivity contribution in [2.24, 2.45) is 0 Å². The molecule has 0 saturated heterocycles. The molecule has 2 atom stereocenters. The van der Waals surface area contributed by atoms with E-state index in [4.69, 9.17) is 9.84 Å². The van der Waals surface area contributed by atoms with Gasteiger partial charge in [0.15, 0.2) is 0 Å². The molecule has 2 N–H and O–H groups in total. The highest BCUT2D eigenvalue weighted by Gasteiger charge is 2.34. The lowest BCUT2D eigenvalue weighted by atomic mass is 9.95. The summed E-state index contributed by atoms with van der Waals surface area (Å²) in [5.41, 5.74) is -0.606. The van der Waals surface area contributed by atoms with Gasteiger partial charge in [-0.15, -0.1) is 0 Å². The van der Waals surface area contributed by atoms with Crippen molar-refractivity contribution in [1.82, 2.24) is 5.32 Å². The zero-order valence-corrected chi connectivity index (χ0v) is 14.4. The minimum atomic E-state index is -0.606. The summed E-state index contributed by atoms with van der Waals surface area (Å²) in [6, 6.07) is 0.241. The van der Waals surface area contributed by atoms with Crippen LogP contribution >= 0.6 is 11.8 Å². The molecular formula is C15H31NO3S. The Labute approximate surface area is 128 Å². The smallest absolute Gasteiger partial charge is 0.326 e. The van der Waals surface area contributed by atoms with E-state index in [1.807, 2.05) is 39.5 Å². The number of hydrogen-bond acceptors (Lipinski definition) is 5. The number of rotatable bonds is 11. The molecule has 4 nitrogen and oxygen atoms in total. The topological polar surface area (TPSA) is 58.6 Å². The van der Waals surface area contributed by atoms with Gasteiger partial charge in [0.05, 0.1) is 6.61 Å². The molecule has 0 saturated carbocycles. The molecule has 0 aromatic heterocycles. The van der Waals surface area contributed by atoms with E-state index >= 15 is 0 Å². The van der Waals surface area contributed by atoms with Gasteiger partial charge in [-0.3, -0.25) is 10.1 Å². The summed E-state index contributed by atoms with van der Waals surface area (Å²) in [7, 11) is 0. The molecule has 120 valence electrons. The maximum Gasteiger partial charge on any atom is 0.326 e. The quantitative estimate of drug-likeness (QED) is 0.454. The lowest BCUT2D eigenvalue weighted by Crippen LogP contribution is -2.53. The van der Waals surface area contributed by atoms with E-state index in [1.54, 1.807) is 0 Å². The summed E-state index contributed by atoms with van der Waals surface area (Å²) in [6.45, 7) is 10.6. The first kappa shape index (κ1) is 19.7. The minimum absolute atomic E-state index is 0.165. The minimum Gasteiger partial charge on any atom is -0.465 e. The molecule has 0 spiro atoms. The predicted molar refractivity (Wildman–Crippen MR) is 86.2 cm³/mol. The number of esters is 1. The Morgan fingerprint density at radius 2 is 2.05 bits per heavy atom. The van der Waals surface area contributed by atoms with E-state index in [0.717, 1.165) is 25.0 Å². The normalized spacial score (nSPS) is 15.9. The third-order valence-corrected chi connectivity index (χ3v) is 4.42. The Kier molecular flexibility index (Phi) is 10.3. The van der Waals surface area contributed by atoms with Crippen molar-refractivity contribution in [3.63, 3.8) is 0 Å². The largest absolute Gasteiger partial charge is 0.465 e. The van der Waals surface area contributed by atoms with Crippen molar-refractivity contribution in [1.29, 1.82) is 0 Å². The predicted octanol–water partition coefficient (Wildman–Crippen LogP) is 2.59. The molecular weight excluding hydrogens is 274 g/mol. The summed E-state index contributed by atoms with van der Waals surface area (Å²) in [5, 5.41) is 12.7. The molecule has 20 heavy (non-hydrogen) atoms. The molecule has 0 amide bonds. The summed E-state index contributed by atoms with van der Waals surface area (Å²) in [6.07, 6.45) is 2.54. The maximum absolute atomic E-state index is 12.1. The van der Waals surface area contributed by atoms with Gasteiger partial charge in [-0.05, 0) is 52.7 Å². The van der Waals surface area contributed by atoms with Gasteiger partial charge in [0.25, 0.3) is 0 Å².